The Labute approximate surface area is 194 Å². The number of carbonyl (C=O) groups excluding carboxylic acids is 2. The maximum atomic E-state index is 13.2. The van der Waals surface area contributed by atoms with Crippen LogP contribution in [0.2, 0.25) is 0 Å². The first kappa shape index (κ1) is 22.0. The van der Waals surface area contributed by atoms with Crippen LogP contribution < -0.4 is 0 Å². The molecule has 1 atom stereocenters. The fraction of sp³-hybridized carbons (Fsp3) is 0.154. The minimum Gasteiger partial charge on any atom is -0.507 e. The minimum absolute atomic E-state index is 0.0713. The summed E-state index contributed by atoms with van der Waals surface area (Å²) >= 11 is 3.44. The van der Waals surface area contributed by atoms with E-state index < -0.39 is 17.7 Å². The van der Waals surface area contributed by atoms with Gasteiger partial charge in [-0.15, -0.1) is 0 Å². The van der Waals surface area contributed by atoms with Crippen LogP contribution >= 0.6 is 15.9 Å². The third-order valence-corrected chi connectivity index (χ3v) is 6.53. The van der Waals surface area contributed by atoms with Crippen LogP contribution in [0.5, 0.6) is 0 Å². The summed E-state index contributed by atoms with van der Waals surface area (Å²) in [5, 5.41) is 11.1. The van der Waals surface area contributed by atoms with Gasteiger partial charge in [-0.2, -0.15) is 0 Å². The first-order valence-electron chi connectivity index (χ1n) is 10.2. The van der Waals surface area contributed by atoms with E-state index in [-0.39, 0.29) is 23.7 Å². The van der Waals surface area contributed by atoms with Crippen LogP contribution in [0.25, 0.3) is 5.76 Å². The standard InChI is InChI=1S/C26H21BrFNO3/c1-16-15-19(9-12-21(16)27)24(30)22-23(18-5-3-2-4-6-18)29(26(32)25(22)31)14-13-17-7-10-20(28)11-8-17/h2-12,15,23,30H,13-14H2,1H3/b24-22-. The molecular weight excluding hydrogens is 473 g/mol. The predicted molar refractivity (Wildman–Crippen MR) is 124 cm³/mol. The molecule has 1 heterocycles. The lowest BCUT2D eigenvalue weighted by atomic mass is 9.95. The average Bonchev–Trinajstić information content (AvgIpc) is 3.05. The van der Waals surface area contributed by atoms with Gasteiger partial charge in [0.1, 0.15) is 11.6 Å². The van der Waals surface area contributed by atoms with E-state index in [0.29, 0.717) is 12.0 Å². The number of Topliss-reactive ketones (excluding diaryl/α,β-unsaturated/α-hetero) is 1. The molecular formula is C26H21BrFNO3. The molecule has 1 saturated heterocycles. The lowest BCUT2D eigenvalue weighted by Crippen LogP contribution is -2.31. The van der Waals surface area contributed by atoms with E-state index in [1.54, 1.807) is 30.3 Å². The maximum absolute atomic E-state index is 13.2. The van der Waals surface area contributed by atoms with Gasteiger partial charge in [-0.3, -0.25) is 9.59 Å². The number of halogens is 2. The Morgan fingerprint density at radius 2 is 1.72 bits per heavy atom. The number of ketones is 1. The Balaban J connectivity index is 1.76. The molecule has 4 rings (SSSR count). The zero-order valence-corrected chi connectivity index (χ0v) is 19.0. The Bertz CT molecular complexity index is 1210. The fourth-order valence-corrected chi connectivity index (χ4v) is 4.19. The molecule has 0 aliphatic carbocycles. The summed E-state index contributed by atoms with van der Waals surface area (Å²) in [5.41, 5.74) is 3.03. The number of rotatable bonds is 5. The van der Waals surface area contributed by atoms with Gasteiger partial charge < -0.3 is 10.0 Å². The highest BCUT2D eigenvalue weighted by atomic mass is 79.9. The minimum atomic E-state index is -0.712. The van der Waals surface area contributed by atoms with Gasteiger partial charge in [-0.1, -0.05) is 64.5 Å². The summed E-state index contributed by atoms with van der Waals surface area (Å²) in [6.45, 7) is 2.14. The molecule has 1 N–H and O–H groups in total. The number of aliphatic hydroxyl groups excluding tert-OH is 1. The van der Waals surface area contributed by atoms with Crippen molar-refractivity contribution in [3.63, 3.8) is 0 Å². The fourth-order valence-electron chi connectivity index (χ4n) is 3.94. The quantitative estimate of drug-likeness (QED) is 0.287. The summed E-state index contributed by atoms with van der Waals surface area (Å²) in [4.78, 5) is 27.5. The largest absolute Gasteiger partial charge is 0.507 e. The summed E-state index contributed by atoms with van der Waals surface area (Å²) in [6.07, 6.45) is 0.452. The van der Waals surface area contributed by atoms with Crippen LogP contribution in [0.4, 0.5) is 4.39 Å². The number of amides is 1. The van der Waals surface area contributed by atoms with Crippen LogP contribution in [0.3, 0.4) is 0 Å². The van der Waals surface area contributed by atoms with Crippen molar-refractivity contribution in [3.8, 4) is 0 Å². The smallest absolute Gasteiger partial charge is 0.295 e. The summed E-state index contributed by atoms with van der Waals surface area (Å²) in [7, 11) is 0. The Morgan fingerprint density at radius 1 is 1.03 bits per heavy atom. The molecule has 3 aromatic carbocycles. The monoisotopic (exact) mass is 493 g/mol. The molecule has 1 fully saturated rings. The van der Waals surface area contributed by atoms with Crippen molar-refractivity contribution in [1.29, 1.82) is 0 Å². The highest BCUT2D eigenvalue weighted by Gasteiger charge is 2.45. The van der Waals surface area contributed by atoms with Gasteiger partial charge in [0.05, 0.1) is 11.6 Å². The number of carbonyl (C=O) groups is 2. The number of hydrogen-bond acceptors (Lipinski definition) is 3. The van der Waals surface area contributed by atoms with Gasteiger partial charge in [-0.25, -0.2) is 4.39 Å². The van der Waals surface area contributed by atoms with Crippen molar-refractivity contribution in [1.82, 2.24) is 4.90 Å². The van der Waals surface area contributed by atoms with Crippen LogP contribution in [-0.2, 0) is 16.0 Å². The molecule has 162 valence electrons. The highest BCUT2D eigenvalue weighted by molar-refractivity contribution is 9.10. The maximum Gasteiger partial charge on any atom is 0.295 e. The van der Waals surface area contributed by atoms with E-state index in [2.05, 4.69) is 15.9 Å². The second kappa shape index (κ2) is 9.09. The van der Waals surface area contributed by atoms with E-state index in [1.165, 1.54) is 17.0 Å². The topological polar surface area (TPSA) is 57.6 Å². The average molecular weight is 494 g/mol. The van der Waals surface area contributed by atoms with Gasteiger partial charge in [0.15, 0.2) is 0 Å². The van der Waals surface area contributed by atoms with Crippen LogP contribution in [-0.4, -0.2) is 28.2 Å². The van der Waals surface area contributed by atoms with Crippen molar-refractivity contribution < 1.29 is 19.1 Å². The molecule has 0 saturated carbocycles. The van der Waals surface area contributed by atoms with Crippen LogP contribution in [0.15, 0.2) is 82.8 Å². The van der Waals surface area contributed by atoms with E-state index in [1.807, 2.05) is 37.3 Å². The highest BCUT2D eigenvalue weighted by Crippen LogP contribution is 2.39. The third kappa shape index (κ3) is 4.23. The van der Waals surface area contributed by atoms with Crippen molar-refractivity contribution in [2.24, 2.45) is 0 Å². The SMILES string of the molecule is Cc1cc(/C(O)=C2/C(=O)C(=O)N(CCc3ccc(F)cc3)C2c2ccccc2)ccc1Br. The van der Waals surface area contributed by atoms with Crippen molar-refractivity contribution in [2.75, 3.05) is 6.54 Å². The number of benzene rings is 3. The molecule has 6 heteroatoms. The van der Waals surface area contributed by atoms with Crippen LogP contribution in [0, 0.1) is 12.7 Å². The van der Waals surface area contributed by atoms with Crippen LogP contribution in [0.1, 0.15) is 28.3 Å². The normalized spacial score (nSPS) is 17.7. The van der Waals surface area contributed by atoms with Gasteiger partial charge >= 0.3 is 0 Å². The number of nitrogens with zero attached hydrogens (tertiary/aromatic N) is 1. The predicted octanol–water partition coefficient (Wildman–Crippen LogP) is 5.56. The number of hydrogen-bond donors (Lipinski definition) is 1. The zero-order chi connectivity index (χ0) is 22.8. The van der Waals surface area contributed by atoms with Crippen molar-refractivity contribution in [2.45, 2.75) is 19.4 Å². The van der Waals surface area contributed by atoms with E-state index in [9.17, 15) is 19.1 Å². The second-order valence-corrected chi connectivity index (χ2v) is 8.60. The van der Waals surface area contributed by atoms with Crippen molar-refractivity contribution >= 4 is 33.4 Å². The molecule has 0 bridgehead atoms. The molecule has 0 spiro atoms. The zero-order valence-electron chi connectivity index (χ0n) is 17.4. The van der Waals surface area contributed by atoms with E-state index in [0.717, 1.165) is 21.2 Å². The van der Waals surface area contributed by atoms with Gasteiger partial charge in [0.2, 0.25) is 0 Å². The van der Waals surface area contributed by atoms with E-state index >= 15 is 0 Å². The Hall–Kier alpha value is -3.25. The first-order valence-corrected chi connectivity index (χ1v) is 11.0. The first-order chi connectivity index (χ1) is 15.4. The Morgan fingerprint density at radius 3 is 2.38 bits per heavy atom. The number of aliphatic hydroxyl groups is 1. The summed E-state index contributed by atoms with van der Waals surface area (Å²) in [6, 6.07) is 19.8. The lowest BCUT2D eigenvalue weighted by Gasteiger charge is -2.25. The third-order valence-electron chi connectivity index (χ3n) is 5.64. The number of aryl methyl sites for hydroxylation is 1. The van der Waals surface area contributed by atoms with E-state index in [4.69, 9.17) is 0 Å². The van der Waals surface area contributed by atoms with Gasteiger partial charge in [-0.05, 0) is 54.3 Å². The summed E-state index contributed by atoms with van der Waals surface area (Å²) < 4.78 is 14.1. The second-order valence-electron chi connectivity index (χ2n) is 7.74. The molecule has 1 aliphatic rings. The van der Waals surface area contributed by atoms with Crippen molar-refractivity contribution in [3.05, 3.63) is 111 Å². The molecule has 3 aromatic rings. The Kier molecular flexibility index (Phi) is 6.24. The molecule has 32 heavy (non-hydrogen) atoms. The molecule has 0 radical (unpaired) electrons. The molecule has 4 nitrogen and oxygen atoms in total. The molecule has 1 amide bonds. The number of likely N-dealkylation sites (tertiary alicyclic amines) is 1. The summed E-state index contributed by atoms with van der Waals surface area (Å²) in [5.74, 6) is -1.90. The molecule has 1 unspecified atom stereocenters. The lowest BCUT2D eigenvalue weighted by molar-refractivity contribution is -0.139. The van der Waals surface area contributed by atoms with Gasteiger partial charge in [0.25, 0.3) is 11.7 Å². The molecule has 0 aromatic heterocycles. The molecule has 1 aliphatic heterocycles. The van der Waals surface area contributed by atoms with Gasteiger partial charge in [0, 0.05) is 16.6 Å².